The monoisotopic (exact) mass is 466 g/mol. The van der Waals surface area contributed by atoms with Crippen molar-refractivity contribution in [2.75, 3.05) is 21.3 Å². The van der Waals surface area contributed by atoms with Gasteiger partial charge in [0.1, 0.15) is 0 Å². The molecule has 0 unspecified atom stereocenters. The topological polar surface area (TPSA) is 78.9 Å². The van der Waals surface area contributed by atoms with Gasteiger partial charge in [-0.05, 0) is 115 Å². The van der Waals surface area contributed by atoms with E-state index in [1.807, 2.05) is 0 Å². The minimum Gasteiger partial charge on any atom is -0.469 e. The molecule has 0 atom stereocenters. The normalized spacial score (nSPS) is 65.2. The number of hydrogen-bond donors (Lipinski definition) is 0. The second kappa shape index (κ2) is 4.98. The highest BCUT2D eigenvalue weighted by Gasteiger charge is 2.95. The van der Waals surface area contributed by atoms with E-state index in [9.17, 15) is 14.4 Å². The third kappa shape index (κ3) is 1.48. The second-order valence-corrected chi connectivity index (χ2v) is 14.7. The van der Waals surface area contributed by atoms with E-state index >= 15 is 0 Å². The third-order valence-electron chi connectivity index (χ3n) is 14.2. The van der Waals surface area contributed by atoms with Gasteiger partial charge in [-0.2, -0.15) is 0 Å². The molecule has 6 heteroatoms. The molecule has 0 aromatic carbocycles. The van der Waals surface area contributed by atoms with Crippen molar-refractivity contribution in [3.63, 3.8) is 0 Å². The standard InChI is InChI=1S/C28H34O6/c1-32-20(29)23-4-13-16-14-5-24(21(30)33-2)9-26(16,7-23)19-27(8-23)10-25(22(31)34-3)6-15(17(13)27)18(14)28(19,11-24)12-25/h13-19H,4-12H2,1-3H3. The summed E-state index contributed by atoms with van der Waals surface area (Å²) >= 11 is 0. The van der Waals surface area contributed by atoms with E-state index in [0.717, 1.165) is 57.8 Å². The number of methoxy groups -OCH3 is 3. The summed E-state index contributed by atoms with van der Waals surface area (Å²) in [5, 5.41) is 0. The first-order chi connectivity index (χ1) is 16.2. The van der Waals surface area contributed by atoms with Crippen molar-refractivity contribution < 1.29 is 28.6 Å². The molecule has 6 nitrogen and oxygen atoms in total. The van der Waals surface area contributed by atoms with Gasteiger partial charge in [0.25, 0.3) is 0 Å². The van der Waals surface area contributed by atoms with Gasteiger partial charge in [-0.25, -0.2) is 0 Å². The fraction of sp³-hybridized carbons (Fsp3) is 0.893. The van der Waals surface area contributed by atoms with Crippen LogP contribution in [0.5, 0.6) is 0 Å². The zero-order valence-electron chi connectivity index (χ0n) is 20.4. The molecule has 13 saturated carbocycles. The molecule has 13 rings (SSSR count). The Morgan fingerprint density at radius 2 is 0.794 bits per heavy atom. The molecule has 34 heavy (non-hydrogen) atoms. The summed E-state index contributed by atoms with van der Waals surface area (Å²) in [4.78, 5) is 40.6. The van der Waals surface area contributed by atoms with Crippen LogP contribution >= 0.6 is 0 Å². The van der Waals surface area contributed by atoms with E-state index in [1.54, 1.807) is 21.3 Å². The average molecular weight is 467 g/mol. The minimum atomic E-state index is -0.443. The summed E-state index contributed by atoms with van der Waals surface area (Å²) in [5.41, 5.74) is -1.24. The van der Waals surface area contributed by atoms with Crippen molar-refractivity contribution >= 4 is 17.9 Å². The van der Waals surface area contributed by atoms with Crippen LogP contribution < -0.4 is 0 Å². The van der Waals surface area contributed by atoms with Crippen LogP contribution in [0.3, 0.4) is 0 Å². The number of rotatable bonds is 3. The van der Waals surface area contributed by atoms with Crippen LogP contribution in [0, 0.1) is 73.9 Å². The molecular formula is C28H34O6. The van der Waals surface area contributed by atoms with Crippen LogP contribution in [-0.4, -0.2) is 39.2 Å². The zero-order chi connectivity index (χ0) is 23.3. The summed E-state index contributed by atoms with van der Waals surface area (Å²) in [7, 11) is 4.63. The van der Waals surface area contributed by atoms with Crippen LogP contribution in [0.2, 0.25) is 0 Å². The number of ether oxygens (including phenoxy) is 3. The molecular weight excluding hydrogens is 432 g/mol. The summed E-state index contributed by atoms with van der Waals surface area (Å²) < 4.78 is 16.5. The van der Waals surface area contributed by atoms with Gasteiger partial charge < -0.3 is 14.2 Å². The van der Waals surface area contributed by atoms with Gasteiger partial charge in [-0.15, -0.1) is 0 Å². The molecule has 13 aliphatic rings. The Hall–Kier alpha value is -1.59. The van der Waals surface area contributed by atoms with E-state index < -0.39 is 16.2 Å². The minimum absolute atomic E-state index is 0.0301. The summed E-state index contributed by atoms with van der Waals surface area (Å²) in [6.07, 6.45) is 8.27. The Kier molecular flexibility index (Phi) is 2.87. The van der Waals surface area contributed by atoms with Crippen molar-refractivity contribution in [2.45, 2.75) is 57.8 Å². The van der Waals surface area contributed by atoms with Crippen LogP contribution in [0.15, 0.2) is 0 Å². The lowest BCUT2D eigenvalue weighted by atomic mass is 9.08. The third-order valence-corrected chi connectivity index (χ3v) is 14.2. The van der Waals surface area contributed by atoms with E-state index in [4.69, 9.17) is 14.2 Å². The fourth-order valence-corrected chi connectivity index (χ4v) is 15.8. The summed E-state index contributed by atoms with van der Waals surface area (Å²) in [6.45, 7) is 0. The van der Waals surface area contributed by atoms with Crippen molar-refractivity contribution in [3.05, 3.63) is 0 Å². The molecule has 0 radical (unpaired) electrons. The molecule has 0 aliphatic heterocycles. The largest absolute Gasteiger partial charge is 0.469 e. The predicted molar refractivity (Wildman–Crippen MR) is 117 cm³/mol. The molecule has 182 valence electrons. The lowest BCUT2D eigenvalue weighted by Gasteiger charge is -2.95. The van der Waals surface area contributed by atoms with Crippen molar-refractivity contribution in [3.8, 4) is 0 Å². The molecule has 0 heterocycles. The van der Waals surface area contributed by atoms with Gasteiger partial charge in [-0.3, -0.25) is 14.4 Å². The Morgan fingerprint density at radius 1 is 0.529 bits per heavy atom. The van der Waals surface area contributed by atoms with Crippen molar-refractivity contribution in [1.29, 1.82) is 0 Å². The highest BCUT2D eigenvalue weighted by molar-refractivity contribution is 5.82. The summed E-state index contributed by atoms with van der Waals surface area (Å²) in [6, 6.07) is 0. The van der Waals surface area contributed by atoms with Crippen LogP contribution in [0.25, 0.3) is 0 Å². The molecule has 0 aromatic rings. The Morgan fingerprint density at radius 3 is 1.03 bits per heavy atom. The number of carbonyl (C=O) groups excluding carboxylic acids is 3. The fourth-order valence-electron chi connectivity index (χ4n) is 15.8. The van der Waals surface area contributed by atoms with E-state index in [1.165, 1.54) is 0 Å². The van der Waals surface area contributed by atoms with Crippen molar-refractivity contribution in [1.82, 2.24) is 0 Å². The quantitative estimate of drug-likeness (QED) is 0.469. The van der Waals surface area contributed by atoms with E-state index in [-0.39, 0.29) is 34.2 Å². The SMILES string of the molecule is COC(=O)C12CC3C4C5CC6(C(=O)OC)CC4(C1)C1C4(C2)CC2(C(=O)OC)CC(C34)C5C1(C6)C2. The second-order valence-electron chi connectivity index (χ2n) is 14.7. The van der Waals surface area contributed by atoms with Gasteiger partial charge in [0.05, 0.1) is 37.6 Å². The number of esters is 3. The smallest absolute Gasteiger partial charge is 0.311 e. The van der Waals surface area contributed by atoms with Gasteiger partial charge >= 0.3 is 17.9 Å². The summed E-state index contributed by atoms with van der Waals surface area (Å²) in [5.74, 6) is 4.01. The first-order valence-corrected chi connectivity index (χ1v) is 13.5. The maximum Gasteiger partial charge on any atom is 0.311 e. The highest BCUT2D eigenvalue weighted by atomic mass is 16.5. The maximum absolute atomic E-state index is 13.5. The van der Waals surface area contributed by atoms with Crippen LogP contribution in [0.1, 0.15) is 57.8 Å². The Bertz CT molecular complexity index is 952. The van der Waals surface area contributed by atoms with Gasteiger partial charge in [0.2, 0.25) is 0 Å². The lowest BCUT2D eigenvalue weighted by molar-refractivity contribution is -0.479. The highest BCUT2D eigenvalue weighted by Crippen LogP contribution is 2.99. The Labute approximate surface area is 199 Å². The molecule has 13 bridgehead atoms. The molecule has 0 saturated heterocycles. The lowest BCUT2D eigenvalue weighted by Crippen LogP contribution is -2.92. The predicted octanol–water partition coefficient (Wildman–Crippen LogP) is 3.37. The van der Waals surface area contributed by atoms with Gasteiger partial charge in [-0.1, -0.05) is 0 Å². The average Bonchev–Trinajstić information content (AvgIpc) is 2.79. The molecule has 0 amide bonds. The first-order valence-electron chi connectivity index (χ1n) is 13.5. The zero-order valence-corrected chi connectivity index (χ0v) is 20.4. The van der Waals surface area contributed by atoms with E-state index in [2.05, 4.69) is 0 Å². The number of carbonyl (C=O) groups is 3. The van der Waals surface area contributed by atoms with Crippen LogP contribution in [-0.2, 0) is 28.6 Å². The number of hydrogen-bond acceptors (Lipinski definition) is 6. The van der Waals surface area contributed by atoms with Crippen LogP contribution in [0.4, 0.5) is 0 Å². The van der Waals surface area contributed by atoms with Crippen molar-refractivity contribution in [2.24, 2.45) is 73.9 Å². The molecule has 0 aromatic heterocycles. The Balaban J connectivity index is 1.36. The maximum atomic E-state index is 13.5. The first kappa shape index (κ1) is 19.6. The van der Waals surface area contributed by atoms with Gasteiger partial charge in [0, 0.05) is 0 Å². The molecule has 3 spiro atoms. The molecule has 13 fully saturated rings. The van der Waals surface area contributed by atoms with Gasteiger partial charge in [0.15, 0.2) is 0 Å². The van der Waals surface area contributed by atoms with E-state index in [0.29, 0.717) is 41.4 Å². The molecule has 0 N–H and O–H groups in total. The molecule has 13 aliphatic carbocycles.